The number of nitrogens with one attached hydrogen (secondary N) is 1. The third-order valence-corrected chi connectivity index (χ3v) is 2.11. The van der Waals surface area contributed by atoms with Crippen LogP contribution in [0.25, 0.3) is 0 Å². The van der Waals surface area contributed by atoms with Gasteiger partial charge in [-0.3, -0.25) is 4.79 Å². The number of hydrogen-bond acceptors (Lipinski definition) is 2. The van der Waals surface area contributed by atoms with Crippen LogP contribution >= 0.6 is 0 Å². The van der Waals surface area contributed by atoms with Crippen molar-refractivity contribution in [3.05, 3.63) is 0 Å². The third kappa shape index (κ3) is 5.14. The molecule has 1 rings (SSSR count). The first-order valence-electron chi connectivity index (χ1n) is 4.24. The van der Waals surface area contributed by atoms with Crippen molar-refractivity contribution in [1.29, 1.82) is 0 Å². The van der Waals surface area contributed by atoms with Gasteiger partial charge in [0.15, 0.2) is 0 Å². The molecular formula is C8H15NNaO2. The van der Waals surface area contributed by atoms with Gasteiger partial charge in [0.05, 0.1) is 0 Å². The van der Waals surface area contributed by atoms with Gasteiger partial charge in [0.25, 0.3) is 0 Å². The molecule has 1 fully saturated rings. The Labute approximate surface area is 95.2 Å². The summed E-state index contributed by atoms with van der Waals surface area (Å²) in [5.41, 5.74) is 0. The summed E-state index contributed by atoms with van der Waals surface area (Å²) in [5, 5.41) is 11.6. The zero-order valence-electron chi connectivity index (χ0n) is 7.68. The minimum atomic E-state index is -0.694. The molecule has 0 heterocycles. The molecule has 0 spiro atoms. The Morgan fingerprint density at radius 2 is 2.17 bits per heavy atom. The fraction of sp³-hybridized carbons (Fsp3) is 0.875. The molecule has 0 saturated heterocycles. The molecule has 0 aromatic heterocycles. The van der Waals surface area contributed by atoms with Crippen molar-refractivity contribution in [2.24, 2.45) is 0 Å². The first-order valence-corrected chi connectivity index (χ1v) is 4.24. The quantitative estimate of drug-likeness (QED) is 0.481. The van der Waals surface area contributed by atoms with E-state index < -0.39 is 5.97 Å². The summed E-state index contributed by atoms with van der Waals surface area (Å²) in [4.78, 5) is 10.1. The van der Waals surface area contributed by atoms with Crippen LogP contribution in [-0.4, -0.2) is 53.2 Å². The van der Waals surface area contributed by atoms with Crippen LogP contribution in [-0.2, 0) is 4.79 Å². The van der Waals surface area contributed by atoms with Gasteiger partial charge in [0.1, 0.15) is 0 Å². The van der Waals surface area contributed by atoms with Gasteiger partial charge in [-0.25, -0.2) is 0 Å². The molecule has 0 aromatic rings. The molecule has 0 unspecified atom stereocenters. The van der Waals surface area contributed by atoms with Crippen LogP contribution in [0, 0.1) is 0 Å². The summed E-state index contributed by atoms with van der Waals surface area (Å²) in [7, 11) is 0. The monoisotopic (exact) mass is 180 g/mol. The molecule has 0 amide bonds. The van der Waals surface area contributed by atoms with E-state index >= 15 is 0 Å². The van der Waals surface area contributed by atoms with Crippen molar-refractivity contribution in [3.63, 3.8) is 0 Å². The summed E-state index contributed by atoms with van der Waals surface area (Å²) in [6.07, 6.45) is 4.92. The van der Waals surface area contributed by atoms with Gasteiger partial charge in [-0.2, -0.15) is 0 Å². The molecule has 0 bridgehead atoms. The minimum absolute atomic E-state index is 0. The standard InChI is InChI=1S/C8H15NO2.Na/c10-8(11)5-2-6-9-7-3-1-4-7;/h7,9H,1-6H2,(H,10,11);. The maximum absolute atomic E-state index is 10.1. The second kappa shape index (κ2) is 6.89. The molecule has 1 aliphatic carbocycles. The van der Waals surface area contributed by atoms with Gasteiger partial charge in [0.2, 0.25) is 0 Å². The molecule has 0 aromatic carbocycles. The summed E-state index contributed by atoms with van der Waals surface area (Å²) in [6, 6.07) is 0.684. The molecule has 2 N–H and O–H groups in total. The zero-order chi connectivity index (χ0) is 8.10. The molecule has 65 valence electrons. The van der Waals surface area contributed by atoms with E-state index in [4.69, 9.17) is 5.11 Å². The number of hydrogen-bond donors (Lipinski definition) is 2. The molecule has 12 heavy (non-hydrogen) atoms. The van der Waals surface area contributed by atoms with Crippen LogP contribution in [0.2, 0.25) is 0 Å². The molecule has 4 heteroatoms. The van der Waals surface area contributed by atoms with Gasteiger partial charge in [-0.1, -0.05) is 6.42 Å². The fourth-order valence-electron chi connectivity index (χ4n) is 1.16. The Kier molecular flexibility index (Phi) is 7.14. The second-order valence-electron chi connectivity index (χ2n) is 3.08. The Balaban J connectivity index is 0.00000121. The van der Waals surface area contributed by atoms with E-state index in [0.29, 0.717) is 12.5 Å². The Morgan fingerprint density at radius 1 is 1.50 bits per heavy atom. The minimum Gasteiger partial charge on any atom is -0.481 e. The average molecular weight is 180 g/mol. The predicted octanol–water partition coefficient (Wildman–Crippen LogP) is 0.612. The zero-order valence-corrected chi connectivity index (χ0v) is 9.68. The van der Waals surface area contributed by atoms with E-state index in [9.17, 15) is 4.79 Å². The first-order chi connectivity index (χ1) is 5.29. The van der Waals surface area contributed by atoms with Crippen LogP contribution < -0.4 is 5.32 Å². The third-order valence-electron chi connectivity index (χ3n) is 2.11. The van der Waals surface area contributed by atoms with Crippen molar-refractivity contribution >= 4 is 35.5 Å². The fourth-order valence-corrected chi connectivity index (χ4v) is 1.16. The smallest absolute Gasteiger partial charge is 0.303 e. The van der Waals surface area contributed by atoms with Gasteiger partial charge >= 0.3 is 5.97 Å². The van der Waals surface area contributed by atoms with Crippen LogP contribution in [0.1, 0.15) is 32.1 Å². The number of carboxylic acid groups (broad SMARTS) is 1. The molecule has 1 aliphatic rings. The van der Waals surface area contributed by atoms with Crippen molar-refractivity contribution in [2.45, 2.75) is 38.1 Å². The van der Waals surface area contributed by atoms with E-state index in [1.54, 1.807) is 0 Å². The normalized spacial score (nSPS) is 16.3. The molecule has 0 aliphatic heterocycles. The first kappa shape index (κ1) is 12.4. The Bertz CT molecular complexity index is 137. The van der Waals surface area contributed by atoms with Crippen LogP contribution in [0.15, 0.2) is 0 Å². The topological polar surface area (TPSA) is 49.3 Å². The SMILES string of the molecule is O=C(O)CCCNC1CCC1.[Na]. The van der Waals surface area contributed by atoms with E-state index in [0.717, 1.165) is 13.0 Å². The van der Waals surface area contributed by atoms with Gasteiger partial charge < -0.3 is 10.4 Å². The van der Waals surface area contributed by atoms with Crippen LogP contribution in [0.5, 0.6) is 0 Å². The molecule has 3 nitrogen and oxygen atoms in total. The van der Waals surface area contributed by atoms with Crippen LogP contribution in [0.3, 0.4) is 0 Å². The Morgan fingerprint density at radius 3 is 2.58 bits per heavy atom. The van der Waals surface area contributed by atoms with E-state index in [1.807, 2.05) is 0 Å². The van der Waals surface area contributed by atoms with E-state index in [2.05, 4.69) is 5.32 Å². The van der Waals surface area contributed by atoms with Crippen LogP contribution in [0.4, 0.5) is 0 Å². The van der Waals surface area contributed by atoms with Gasteiger partial charge in [0, 0.05) is 42.0 Å². The van der Waals surface area contributed by atoms with Crippen molar-refractivity contribution in [2.75, 3.05) is 6.54 Å². The van der Waals surface area contributed by atoms with Crippen molar-refractivity contribution in [3.8, 4) is 0 Å². The molecule has 0 atom stereocenters. The summed E-state index contributed by atoms with van der Waals surface area (Å²) >= 11 is 0. The number of aliphatic carboxylic acids is 1. The van der Waals surface area contributed by atoms with Gasteiger partial charge in [-0.15, -0.1) is 0 Å². The largest absolute Gasteiger partial charge is 0.481 e. The summed E-state index contributed by atoms with van der Waals surface area (Å²) in [6.45, 7) is 0.858. The van der Waals surface area contributed by atoms with E-state index in [1.165, 1.54) is 19.3 Å². The molecule has 1 saturated carbocycles. The predicted molar refractivity (Wildman–Crippen MR) is 48.3 cm³/mol. The summed E-state index contributed by atoms with van der Waals surface area (Å²) in [5.74, 6) is -0.694. The average Bonchev–Trinajstić information content (AvgIpc) is 1.82. The number of rotatable bonds is 5. The van der Waals surface area contributed by atoms with Gasteiger partial charge in [-0.05, 0) is 25.8 Å². The molecular weight excluding hydrogens is 165 g/mol. The van der Waals surface area contributed by atoms with E-state index in [-0.39, 0.29) is 29.6 Å². The summed E-state index contributed by atoms with van der Waals surface area (Å²) < 4.78 is 0. The maximum Gasteiger partial charge on any atom is 0.303 e. The molecule has 1 radical (unpaired) electrons. The number of carboxylic acids is 1. The van der Waals surface area contributed by atoms with Crippen molar-refractivity contribution in [1.82, 2.24) is 5.32 Å². The Hall–Kier alpha value is 0.430. The number of carbonyl (C=O) groups is 1. The van der Waals surface area contributed by atoms with Crippen molar-refractivity contribution < 1.29 is 9.90 Å². The second-order valence-corrected chi connectivity index (χ2v) is 3.08. The maximum atomic E-state index is 10.1.